The SMILES string of the molecule is CCOCCn1c(=O)n(CC(F)(F)F)c(=O)c2c(C)c(C=O)sc21. The van der Waals surface area contributed by atoms with E-state index >= 15 is 0 Å². The van der Waals surface area contributed by atoms with E-state index in [1.807, 2.05) is 0 Å². The molecular formula is C14H15F3N2O4S. The van der Waals surface area contributed by atoms with Crippen LogP contribution in [0, 0.1) is 6.92 Å². The molecule has 0 fully saturated rings. The molecule has 0 saturated carbocycles. The molecule has 0 radical (unpaired) electrons. The Morgan fingerprint density at radius 2 is 1.92 bits per heavy atom. The van der Waals surface area contributed by atoms with Crippen molar-refractivity contribution in [2.75, 3.05) is 13.2 Å². The minimum Gasteiger partial charge on any atom is -0.380 e. The summed E-state index contributed by atoms with van der Waals surface area (Å²) in [6.07, 6.45) is -4.20. The molecule has 2 rings (SSSR count). The van der Waals surface area contributed by atoms with Crippen molar-refractivity contribution in [3.63, 3.8) is 0 Å². The normalized spacial score (nSPS) is 12.0. The van der Waals surface area contributed by atoms with Crippen LogP contribution in [0.3, 0.4) is 0 Å². The molecule has 2 aromatic heterocycles. The first-order valence-corrected chi connectivity index (χ1v) is 7.89. The molecule has 132 valence electrons. The van der Waals surface area contributed by atoms with Gasteiger partial charge in [0.05, 0.1) is 23.4 Å². The summed E-state index contributed by atoms with van der Waals surface area (Å²) in [4.78, 5) is 36.2. The molecule has 0 aliphatic carbocycles. The van der Waals surface area contributed by atoms with Crippen molar-refractivity contribution in [2.24, 2.45) is 0 Å². The number of ether oxygens (including phenoxy) is 1. The lowest BCUT2D eigenvalue weighted by Crippen LogP contribution is -2.43. The van der Waals surface area contributed by atoms with Crippen molar-refractivity contribution in [3.8, 4) is 0 Å². The largest absolute Gasteiger partial charge is 0.406 e. The van der Waals surface area contributed by atoms with Crippen LogP contribution in [0.15, 0.2) is 9.59 Å². The lowest BCUT2D eigenvalue weighted by atomic mass is 10.2. The van der Waals surface area contributed by atoms with Crippen LogP contribution in [-0.4, -0.2) is 34.8 Å². The number of alkyl halides is 3. The maximum atomic E-state index is 12.7. The third kappa shape index (κ3) is 3.44. The molecule has 2 heterocycles. The van der Waals surface area contributed by atoms with Crippen molar-refractivity contribution in [2.45, 2.75) is 33.1 Å². The predicted octanol–water partition coefficient (Wildman–Crippen LogP) is 1.94. The van der Waals surface area contributed by atoms with Gasteiger partial charge in [0.15, 0.2) is 6.29 Å². The summed E-state index contributed by atoms with van der Waals surface area (Å²) < 4.78 is 44.5. The third-order valence-corrected chi connectivity index (χ3v) is 4.68. The number of aryl methyl sites for hydroxylation is 1. The van der Waals surface area contributed by atoms with E-state index in [0.29, 0.717) is 12.9 Å². The van der Waals surface area contributed by atoms with Gasteiger partial charge < -0.3 is 4.74 Å². The van der Waals surface area contributed by atoms with Crippen LogP contribution in [0.1, 0.15) is 22.2 Å². The van der Waals surface area contributed by atoms with Crippen LogP contribution in [0.4, 0.5) is 13.2 Å². The monoisotopic (exact) mass is 364 g/mol. The van der Waals surface area contributed by atoms with Gasteiger partial charge in [0, 0.05) is 6.61 Å². The fourth-order valence-corrected chi connectivity index (χ4v) is 3.47. The summed E-state index contributed by atoms with van der Waals surface area (Å²) >= 11 is 0.908. The number of hydrogen-bond acceptors (Lipinski definition) is 5. The van der Waals surface area contributed by atoms with Gasteiger partial charge in [0.2, 0.25) is 0 Å². The molecular weight excluding hydrogens is 349 g/mol. The van der Waals surface area contributed by atoms with Gasteiger partial charge in [-0.05, 0) is 19.4 Å². The maximum Gasteiger partial charge on any atom is 0.406 e. The first-order valence-electron chi connectivity index (χ1n) is 7.07. The van der Waals surface area contributed by atoms with E-state index in [4.69, 9.17) is 4.74 Å². The smallest absolute Gasteiger partial charge is 0.380 e. The molecule has 0 spiro atoms. The summed E-state index contributed by atoms with van der Waals surface area (Å²) in [6, 6.07) is 0. The number of aromatic nitrogens is 2. The van der Waals surface area contributed by atoms with E-state index in [-0.39, 0.29) is 38.4 Å². The van der Waals surface area contributed by atoms with Gasteiger partial charge in [0.25, 0.3) is 5.56 Å². The Morgan fingerprint density at radius 1 is 1.25 bits per heavy atom. The zero-order chi connectivity index (χ0) is 18.1. The minimum absolute atomic E-state index is 0.0143. The number of rotatable bonds is 6. The molecule has 0 atom stereocenters. The average Bonchev–Trinajstić information content (AvgIpc) is 2.83. The molecule has 24 heavy (non-hydrogen) atoms. The van der Waals surface area contributed by atoms with Gasteiger partial charge in [-0.1, -0.05) is 0 Å². The topological polar surface area (TPSA) is 70.3 Å². The highest BCUT2D eigenvalue weighted by molar-refractivity contribution is 7.20. The van der Waals surface area contributed by atoms with Crippen molar-refractivity contribution >= 4 is 27.8 Å². The van der Waals surface area contributed by atoms with Crippen molar-refractivity contribution in [3.05, 3.63) is 31.3 Å². The molecule has 0 N–H and O–H groups in total. The van der Waals surface area contributed by atoms with Crippen LogP contribution in [0.2, 0.25) is 0 Å². The van der Waals surface area contributed by atoms with Gasteiger partial charge in [-0.15, -0.1) is 11.3 Å². The highest BCUT2D eigenvalue weighted by Gasteiger charge is 2.31. The first kappa shape index (κ1) is 18.4. The second-order valence-corrected chi connectivity index (χ2v) is 6.06. The van der Waals surface area contributed by atoms with Gasteiger partial charge >= 0.3 is 11.9 Å². The van der Waals surface area contributed by atoms with E-state index in [2.05, 4.69) is 0 Å². The Hall–Kier alpha value is -1.94. The lowest BCUT2D eigenvalue weighted by molar-refractivity contribution is -0.141. The summed E-state index contributed by atoms with van der Waals surface area (Å²) in [5.41, 5.74) is -1.83. The Morgan fingerprint density at radius 3 is 2.46 bits per heavy atom. The van der Waals surface area contributed by atoms with Crippen LogP contribution in [0.5, 0.6) is 0 Å². The third-order valence-electron chi connectivity index (χ3n) is 3.44. The number of nitrogens with zero attached hydrogens (tertiary/aromatic N) is 2. The van der Waals surface area contributed by atoms with E-state index in [9.17, 15) is 27.6 Å². The summed E-state index contributed by atoms with van der Waals surface area (Å²) in [5.74, 6) is 0. The lowest BCUT2D eigenvalue weighted by Gasteiger charge is -2.13. The second kappa shape index (κ2) is 6.89. The van der Waals surface area contributed by atoms with E-state index in [1.165, 1.54) is 6.92 Å². The van der Waals surface area contributed by atoms with Crippen molar-refractivity contribution in [1.29, 1.82) is 0 Å². The van der Waals surface area contributed by atoms with Crippen LogP contribution < -0.4 is 11.2 Å². The van der Waals surface area contributed by atoms with Gasteiger partial charge in [-0.3, -0.25) is 18.7 Å². The van der Waals surface area contributed by atoms with Gasteiger partial charge in [0.1, 0.15) is 11.4 Å². The molecule has 0 bridgehead atoms. The van der Waals surface area contributed by atoms with Crippen LogP contribution in [0.25, 0.3) is 10.2 Å². The van der Waals surface area contributed by atoms with Crippen LogP contribution >= 0.6 is 11.3 Å². The molecule has 0 unspecified atom stereocenters. The van der Waals surface area contributed by atoms with E-state index < -0.39 is 24.0 Å². The highest BCUT2D eigenvalue weighted by Crippen LogP contribution is 2.26. The number of carbonyl (C=O) groups is 1. The fourth-order valence-electron chi connectivity index (χ4n) is 2.34. The standard InChI is InChI=1S/C14H15F3N2O4S/c1-3-23-5-4-18-12-10(8(2)9(6-20)24-12)11(21)19(13(18)22)7-14(15,16)17/h6H,3-5,7H2,1-2H3. The molecule has 0 aliphatic rings. The number of carbonyl (C=O) groups excluding carboxylic acids is 1. The number of fused-ring (bicyclic) bond motifs is 1. The fraction of sp³-hybridized carbons (Fsp3) is 0.500. The molecule has 0 saturated heterocycles. The molecule has 0 aromatic carbocycles. The number of halogens is 3. The Balaban J connectivity index is 2.78. The van der Waals surface area contributed by atoms with Crippen LogP contribution in [-0.2, 0) is 17.8 Å². The molecule has 2 aromatic rings. The Bertz CT molecular complexity index is 879. The maximum absolute atomic E-state index is 12.7. The quantitative estimate of drug-likeness (QED) is 0.580. The van der Waals surface area contributed by atoms with E-state index in [0.717, 1.165) is 15.9 Å². The number of hydrogen-bond donors (Lipinski definition) is 0. The van der Waals surface area contributed by atoms with E-state index in [1.54, 1.807) is 6.92 Å². The van der Waals surface area contributed by atoms with Gasteiger partial charge in [-0.2, -0.15) is 13.2 Å². The molecule has 0 amide bonds. The molecule has 6 nitrogen and oxygen atoms in total. The number of aldehydes is 1. The Kier molecular flexibility index (Phi) is 5.29. The minimum atomic E-state index is -4.72. The molecule has 0 aliphatic heterocycles. The van der Waals surface area contributed by atoms with Gasteiger partial charge in [-0.25, -0.2) is 4.79 Å². The predicted molar refractivity (Wildman–Crippen MR) is 83.0 cm³/mol. The zero-order valence-corrected chi connectivity index (χ0v) is 13.8. The summed E-state index contributed by atoms with van der Waals surface area (Å²) in [7, 11) is 0. The summed E-state index contributed by atoms with van der Waals surface area (Å²) in [6.45, 7) is 1.99. The molecule has 10 heteroatoms. The average molecular weight is 364 g/mol. The Labute approximate surface area is 138 Å². The first-order chi connectivity index (χ1) is 11.2. The number of thiophene rings is 1. The zero-order valence-electron chi connectivity index (χ0n) is 13.0. The summed E-state index contributed by atoms with van der Waals surface area (Å²) in [5, 5.41) is -0.0394. The second-order valence-electron chi connectivity index (χ2n) is 5.03. The van der Waals surface area contributed by atoms with Crippen molar-refractivity contribution in [1.82, 2.24) is 9.13 Å². The van der Waals surface area contributed by atoms with Crippen molar-refractivity contribution < 1.29 is 22.7 Å². The highest BCUT2D eigenvalue weighted by atomic mass is 32.1.